The Morgan fingerprint density at radius 2 is 1.91 bits per heavy atom. The van der Waals surface area contributed by atoms with Gasteiger partial charge in [-0.2, -0.15) is 5.10 Å². The fourth-order valence-electron chi connectivity index (χ4n) is 4.41. The van der Waals surface area contributed by atoms with Crippen LogP contribution in [0, 0.1) is 13.8 Å². The molecule has 13 heteroatoms. The van der Waals surface area contributed by atoms with Gasteiger partial charge in [0.15, 0.2) is 5.82 Å². The number of carbonyl (C=O) groups excluding carboxylic acids is 4. The third kappa shape index (κ3) is 6.61. The zero-order valence-electron chi connectivity index (χ0n) is 24.0. The van der Waals surface area contributed by atoms with Gasteiger partial charge in [-0.1, -0.05) is 13.0 Å². The van der Waals surface area contributed by atoms with Crippen LogP contribution in [-0.4, -0.2) is 67.7 Å². The van der Waals surface area contributed by atoms with Gasteiger partial charge in [0.05, 0.1) is 11.1 Å². The van der Waals surface area contributed by atoms with Crippen LogP contribution >= 0.6 is 0 Å². The van der Waals surface area contributed by atoms with Gasteiger partial charge in [0.25, 0.3) is 11.8 Å². The Kier molecular flexibility index (Phi) is 8.60. The number of nitrogens with zero attached hydrogens (tertiary/aromatic N) is 5. The first-order valence-corrected chi connectivity index (χ1v) is 13.8. The molecule has 1 aliphatic rings. The summed E-state index contributed by atoms with van der Waals surface area (Å²) in [5.41, 5.74) is 3.56. The molecule has 1 aromatic carbocycles. The first-order chi connectivity index (χ1) is 20.8. The summed E-state index contributed by atoms with van der Waals surface area (Å²) in [6.45, 7) is 4.85. The number of pyridine rings is 1. The quantitative estimate of drug-likeness (QED) is 0.204. The molecule has 222 valence electrons. The number of anilines is 2. The highest BCUT2D eigenvalue weighted by Crippen LogP contribution is 2.28. The number of esters is 1. The van der Waals surface area contributed by atoms with Gasteiger partial charge in [-0.3, -0.25) is 14.6 Å². The summed E-state index contributed by atoms with van der Waals surface area (Å²) in [7, 11) is 0. The van der Waals surface area contributed by atoms with E-state index in [2.05, 4.69) is 25.7 Å². The Hall–Kier alpha value is -5.33. The highest BCUT2D eigenvalue weighted by atomic mass is 16.7. The largest absolute Gasteiger partial charge is 0.424 e. The van der Waals surface area contributed by atoms with Crippen molar-refractivity contribution < 1.29 is 28.7 Å². The number of amides is 3. The highest BCUT2D eigenvalue weighted by Gasteiger charge is 2.28. The highest BCUT2D eigenvalue weighted by molar-refractivity contribution is 6.06. The number of fused-ring (bicyclic) bond motifs is 1. The van der Waals surface area contributed by atoms with Crippen LogP contribution in [-0.2, 0) is 9.47 Å². The van der Waals surface area contributed by atoms with Crippen molar-refractivity contribution in [3.63, 3.8) is 0 Å². The lowest BCUT2D eigenvalue weighted by Crippen LogP contribution is -2.38. The number of rotatable bonds is 10. The van der Waals surface area contributed by atoms with Gasteiger partial charge in [-0.15, -0.1) is 0 Å². The molecule has 3 amide bonds. The molecule has 0 unspecified atom stereocenters. The van der Waals surface area contributed by atoms with Crippen molar-refractivity contribution in [1.29, 1.82) is 0 Å². The number of hydrogen-bond acceptors (Lipinski definition) is 10. The molecule has 0 aliphatic heterocycles. The molecule has 0 radical (unpaired) electrons. The molecule has 0 saturated heterocycles. The third-order valence-electron chi connectivity index (χ3n) is 6.91. The minimum absolute atomic E-state index is 0.0749. The van der Waals surface area contributed by atoms with Crippen LogP contribution in [0.1, 0.15) is 68.4 Å². The summed E-state index contributed by atoms with van der Waals surface area (Å²) >= 11 is 0. The number of benzene rings is 1. The Labute approximate surface area is 247 Å². The Morgan fingerprint density at radius 3 is 2.63 bits per heavy atom. The molecule has 0 bridgehead atoms. The Morgan fingerprint density at radius 1 is 1.09 bits per heavy atom. The molecular formula is C30H31N7O6. The van der Waals surface area contributed by atoms with E-state index in [0.29, 0.717) is 34.6 Å². The number of imide groups is 1. The summed E-state index contributed by atoms with van der Waals surface area (Å²) in [4.78, 5) is 60.4. The zero-order valence-corrected chi connectivity index (χ0v) is 24.0. The fourth-order valence-corrected chi connectivity index (χ4v) is 4.41. The summed E-state index contributed by atoms with van der Waals surface area (Å²) < 4.78 is 11.6. The number of ether oxygens (including phenoxy) is 2. The van der Waals surface area contributed by atoms with Crippen LogP contribution in [0.25, 0.3) is 5.52 Å². The summed E-state index contributed by atoms with van der Waals surface area (Å²) in [5.74, 6) is -1.04. The average molecular weight is 586 g/mol. The summed E-state index contributed by atoms with van der Waals surface area (Å²) in [6.07, 6.45) is 7.19. The van der Waals surface area contributed by atoms with Crippen LogP contribution in [0.15, 0.2) is 55.2 Å². The van der Waals surface area contributed by atoms with E-state index in [-0.39, 0.29) is 29.6 Å². The fraction of sp³-hybridized carbons (Fsp3) is 0.300. The van der Waals surface area contributed by atoms with E-state index in [1.165, 1.54) is 35.5 Å². The maximum Gasteiger partial charge on any atom is 0.419 e. The predicted octanol–water partition coefficient (Wildman–Crippen LogP) is 4.18. The lowest BCUT2D eigenvalue weighted by atomic mass is 10.1. The molecule has 43 heavy (non-hydrogen) atoms. The van der Waals surface area contributed by atoms with Crippen LogP contribution in [0.2, 0.25) is 0 Å². The van der Waals surface area contributed by atoms with E-state index in [4.69, 9.17) is 9.47 Å². The standard InChI is InChI=1S/C30H31N7O6/c1-4-12-36(30(41)43-17-42-29(40)21-6-5-11-31-14-21)28(39)23-15-37-25(19(23)3)26(32-16-33-37)35-24-13-20(8-7-18(24)2)27(38)34-22-9-10-22/h5-8,11,13-16,22H,4,9-10,12,17H2,1-3H3,(H,34,38)(H,32,33,35). The Bertz CT molecular complexity index is 1680. The second kappa shape index (κ2) is 12.7. The first-order valence-electron chi connectivity index (χ1n) is 13.8. The predicted molar refractivity (Wildman–Crippen MR) is 155 cm³/mol. The monoisotopic (exact) mass is 585 g/mol. The normalized spacial score (nSPS) is 12.4. The second-order valence-corrected chi connectivity index (χ2v) is 10.1. The van der Waals surface area contributed by atoms with Crippen LogP contribution in [0.5, 0.6) is 0 Å². The number of aromatic nitrogens is 4. The van der Waals surface area contributed by atoms with Crippen LogP contribution in [0.3, 0.4) is 0 Å². The van der Waals surface area contributed by atoms with Crippen molar-refractivity contribution in [2.45, 2.75) is 46.1 Å². The second-order valence-electron chi connectivity index (χ2n) is 10.1. The van der Waals surface area contributed by atoms with E-state index >= 15 is 0 Å². The van der Waals surface area contributed by atoms with Crippen molar-refractivity contribution in [3.8, 4) is 0 Å². The van der Waals surface area contributed by atoms with Crippen molar-refractivity contribution in [2.24, 2.45) is 0 Å². The van der Waals surface area contributed by atoms with Gasteiger partial charge in [0.1, 0.15) is 11.8 Å². The van der Waals surface area contributed by atoms with Crippen molar-refractivity contribution >= 4 is 40.9 Å². The lowest BCUT2D eigenvalue weighted by Gasteiger charge is -2.19. The van der Waals surface area contributed by atoms with Gasteiger partial charge in [0, 0.05) is 42.4 Å². The minimum Gasteiger partial charge on any atom is -0.424 e. The zero-order chi connectivity index (χ0) is 30.5. The molecule has 1 fully saturated rings. The lowest BCUT2D eigenvalue weighted by molar-refractivity contribution is -0.0105. The molecule has 2 N–H and O–H groups in total. The summed E-state index contributed by atoms with van der Waals surface area (Å²) in [6, 6.07) is 8.71. The van der Waals surface area contributed by atoms with E-state index in [9.17, 15) is 19.2 Å². The van der Waals surface area contributed by atoms with E-state index < -0.39 is 24.8 Å². The van der Waals surface area contributed by atoms with Crippen LogP contribution in [0.4, 0.5) is 16.3 Å². The van der Waals surface area contributed by atoms with Gasteiger partial charge in [0.2, 0.25) is 6.79 Å². The average Bonchev–Trinajstić information content (AvgIpc) is 3.76. The third-order valence-corrected chi connectivity index (χ3v) is 6.91. The van der Waals surface area contributed by atoms with Gasteiger partial charge in [-0.25, -0.2) is 24.0 Å². The van der Waals surface area contributed by atoms with Gasteiger partial charge in [-0.05, 0) is 68.5 Å². The summed E-state index contributed by atoms with van der Waals surface area (Å²) in [5, 5.41) is 10.5. The molecule has 0 atom stereocenters. The van der Waals surface area contributed by atoms with Gasteiger partial charge >= 0.3 is 12.1 Å². The number of aryl methyl sites for hydroxylation is 2. The van der Waals surface area contributed by atoms with Gasteiger partial charge < -0.3 is 20.1 Å². The smallest absolute Gasteiger partial charge is 0.419 e. The SMILES string of the molecule is CCCN(C(=O)OCOC(=O)c1cccnc1)C(=O)c1cn2ncnc(Nc3cc(C(=O)NC4CC4)ccc3C)c2c1C. The Balaban J connectivity index is 1.34. The molecule has 4 aromatic rings. The van der Waals surface area contributed by atoms with Crippen molar-refractivity contribution in [2.75, 3.05) is 18.7 Å². The molecular weight excluding hydrogens is 554 g/mol. The molecule has 5 rings (SSSR count). The van der Waals surface area contributed by atoms with E-state index in [1.807, 2.05) is 19.9 Å². The number of carbonyl (C=O) groups is 4. The molecule has 3 aromatic heterocycles. The molecule has 0 spiro atoms. The number of hydrogen-bond donors (Lipinski definition) is 2. The van der Waals surface area contributed by atoms with Crippen molar-refractivity contribution in [3.05, 3.63) is 83.1 Å². The number of nitrogens with one attached hydrogen (secondary N) is 2. The molecule has 1 saturated carbocycles. The molecule has 13 nitrogen and oxygen atoms in total. The van der Waals surface area contributed by atoms with E-state index in [0.717, 1.165) is 23.3 Å². The van der Waals surface area contributed by atoms with E-state index in [1.54, 1.807) is 25.1 Å². The molecule has 1 aliphatic carbocycles. The topological polar surface area (TPSA) is 157 Å². The maximum absolute atomic E-state index is 13.6. The maximum atomic E-state index is 13.6. The molecule has 3 heterocycles. The minimum atomic E-state index is -0.957. The van der Waals surface area contributed by atoms with Crippen LogP contribution < -0.4 is 10.6 Å². The first kappa shape index (κ1) is 29.2. The van der Waals surface area contributed by atoms with Crippen molar-refractivity contribution in [1.82, 2.24) is 29.8 Å².